The van der Waals surface area contributed by atoms with Crippen molar-refractivity contribution in [3.63, 3.8) is 0 Å². The van der Waals surface area contributed by atoms with Gasteiger partial charge < -0.3 is 5.32 Å². The molecule has 1 heterocycles. The first-order valence-electron chi connectivity index (χ1n) is 9.26. The standard InChI is InChI=1S/C21H27F3N2/c1-3-4-5-6-12-25-13-11-17-14-19(18-9-7-16(2)8-10-18)26-20(15-17)21(22,23)24/h7-10,14-15,25H,3-6,11-13H2,1-2H3. The lowest BCUT2D eigenvalue weighted by atomic mass is 10.0. The number of aryl methyl sites for hydroxylation is 1. The molecule has 0 saturated carbocycles. The molecule has 2 nitrogen and oxygen atoms in total. The molecule has 0 radical (unpaired) electrons. The van der Waals surface area contributed by atoms with E-state index in [1.54, 1.807) is 6.07 Å². The predicted molar refractivity (Wildman–Crippen MR) is 100 cm³/mol. The third-order valence-corrected chi connectivity index (χ3v) is 4.32. The van der Waals surface area contributed by atoms with E-state index in [0.29, 0.717) is 29.8 Å². The van der Waals surface area contributed by atoms with Gasteiger partial charge in [0.15, 0.2) is 0 Å². The second kappa shape index (κ2) is 9.72. The number of aromatic nitrogens is 1. The predicted octanol–water partition coefficient (Wildman–Crippen LogP) is 5.79. The second-order valence-corrected chi connectivity index (χ2v) is 6.67. The van der Waals surface area contributed by atoms with Crippen LogP contribution >= 0.6 is 0 Å². The van der Waals surface area contributed by atoms with Crippen molar-refractivity contribution in [1.82, 2.24) is 10.3 Å². The summed E-state index contributed by atoms with van der Waals surface area (Å²) in [6.45, 7) is 5.69. The molecule has 0 amide bonds. The van der Waals surface area contributed by atoms with E-state index in [9.17, 15) is 13.2 Å². The van der Waals surface area contributed by atoms with Crippen LogP contribution in [0, 0.1) is 6.92 Å². The molecule has 0 fully saturated rings. The summed E-state index contributed by atoms with van der Waals surface area (Å²) in [4.78, 5) is 3.84. The van der Waals surface area contributed by atoms with Gasteiger partial charge in [0.2, 0.25) is 0 Å². The molecule has 142 valence electrons. The van der Waals surface area contributed by atoms with Crippen molar-refractivity contribution in [2.75, 3.05) is 13.1 Å². The quantitative estimate of drug-likeness (QED) is 0.570. The summed E-state index contributed by atoms with van der Waals surface area (Å²) in [5.74, 6) is 0. The average Bonchev–Trinajstić information content (AvgIpc) is 2.60. The SMILES string of the molecule is CCCCCCNCCc1cc(-c2ccc(C)cc2)nc(C(F)(F)F)c1. The van der Waals surface area contributed by atoms with E-state index in [-0.39, 0.29) is 0 Å². The maximum absolute atomic E-state index is 13.2. The molecule has 5 heteroatoms. The van der Waals surface area contributed by atoms with Crippen LogP contribution in [0.25, 0.3) is 11.3 Å². The molecule has 0 spiro atoms. The summed E-state index contributed by atoms with van der Waals surface area (Å²) in [6, 6.07) is 10.3. The van der Waals surface area contributed by atoms with Crippen molar-refractivity contribution in [3.8, 4) is 11.3 Å². The lowest BCUT2D eigenvalue weighted by molar-refractivity contribution is -0.141. The third-order valence-electron chi connectivity index (χ3n) is 4.32. The van der Waals surface area contributed by atoms with Gasteiger partial charge in [0.25, 0.3) is 0 Å². The van der Waals surface area contributed by atoms with Crippen LogP contribution < -0.4 is 5.32 Å². The number of alkyl halides is 3. The highest BCUT2D eigenvalue weighted by atomic mass is 19.4. The van der Waals surface area contributed by atoms with Crippen molar-refractivity contribution in [3.05, 3.63) is 53.2 Å². The van der Waals surface area contributed by atoms with Crippen molar-refractivity contribution in [2.24, 2.45) is 0 Å². The Morgan fingerprint density at radius 3 is 2.35 bits per heavy atom. The first-order chi connectivity index (χ1) is 12.4. The summed E-state index contributed by atoms with van der Waals surface area (Å²) in [5.41, 5.74) is 1.97. The Hall–Kier alpha value is -1.88. The summed E-state index contributed by atoms with van der Waals surface area (Å²) < 4.78 is 39.6. The molecule has 26 heavy (non-hydrogen) atoms. The molecule has 1 aromatic heterocycles. The number of unbranched alkanes of at least 4 members (excludes halogenated alkanes) is 3. The Balaban J connectivity index is 2.08. The molecular formula is C21H27F3N2. The van der Waals surface area contributed by atoms with E-state index in [0.717, 1.165) is 24.6 Å². The molecule has 2 rings (SSSR count). The van der Waals surface area contributed by atoms with Crippen LogP contribution in [0.4, 0.5) is 13.2 Å². The van der Waals surface area contributed by atoms with E-state index in [4.69, 9.17) is 0 Å². The highest BCUT2D eigenvalue weighted by Gasteiger charge is 2.33. The van der Waals surface area contributed by atoms with E-state index in [1.807, 2.05) is 31.2 Å². The Bertz CT molecular complexity index is 679. The van der Waals surface area contributed by atoms with Crippen LogP contribution in [0.5, 0.6) is 0 Å². The molecule has 1 aromatic carbocycles. The Morgan fingerprint density at radius 2 is 1.69 bits per heavy atom. The Morgan fingerprint density at radius 1 is 0.962 bits per heavy atom. The molecule has 2 aromatic rings. The van der Waals surface area contributed by atoms with E-state index >= 15 is 0 Å². The number of hydrogen-bond donors (Lipinski definition) is 1. The zero-order valence-electron chi connectivity index (χ0n) is 15.5. The van der Waals surface area contributed by atoms with Crippen molar-refractivity contribution < 1.29 is 13.2 Å². The van der Waals surface area contributed by atoms with Gasteiger partial charge in [-0.3, -0.25) is 0 Å². The van der Waals surface area contributed by atoms with E-state index in [1.165, 1.54) is 19.3 Å². The van der Waals surface area contributed by atoms with Gasteiger partial charge in [-0.05, 0) is 50.6 Å². The van der Waals surface area contributed by atoms with Crippen molar-refractivity contribution in [1.29, 1.82) is 0 Å². The summed E-state index contributed by atoms with van der Waals surface area (Å²) >= 11 is 0. The molecule has 0 unspecified atom stereocenters. The lowest BCUT2D eigenvalue weighted by Crippen LogP contribution is -2.19. The van der Waals surface area contributed by atoms with Crippen molar-refractivity contribution in [2.45, 2.75) is 52.1 Å². The zero-order valence-corrected chi connectivity index (χ0v) is 15.5. The number of hydrogen-bond acceptors (Lipinski definition) is 2. The highest BCUT2D eigenvalue weighted by molar-refractivity contribution is 5.60. The average molecular weight is 364 g/mol. The molecule has 0 saturated heterocycles. The molecular weight excluding hydrogens is 337 g/mol. The maximum Gasteiger partial charge on any atom is 0.433 e. The third kappa shape index (κ3) is 6.45. The van der Waals surface area contributed by atoms with Gasteiger partial charge in [0.05, 0.1) is 5.69 Å². The number of nitrogens with one attached hydrogen (secondary N) is 1. The van der Waals surface area contributed by atoms with Crippen LogP contribution in [0.3, 0.4) is 0 Å². The number of rotatable bonds is 9. The lowest BCUT2D eigenvalue weighted by Gasteiger charge is -2.12. The van der Waals surface area contributed by atoms with Crippen molar-refractivity contribution >= 4 is 0 Å². The normalized spacial score (nSPS) is 11.7. The monoisotopic (exact) mass is 364 g/mol. The molecule has 0 atom stereocenters. The van der Waals surface area contributed by atoms with Crippen LogP contribution in [0.1, 0.15) is 49.4 Å². The fourth-order valence-corrected chi connectivity index (χ4v) is 2.78. The van der Waals surface area contributed by atoms with Crippen LogP contribution in [-0.4, -0.2) is 18.1 Å². The van der Waals surface area contributed by atoms with Gasteiger partial charge in [0.1, 0.15) is 5.69 Å². The smallest absolute Gasteiger partial charge is 0.316 e. The van der Waals surface area contributed by atoms with Crippen LogP contribution in [-0.2, 0) is 12.6 Å². The minimum Gasteiger partial charge on any atom is -0.316 e. The van der Waals surface area contributed by atoms with E-state index in [2.05, 4.69) is 17.2 Å². The Labute approximate surface area is 153 Å². The number of benzene rings is 1. The molecule has 0 aliphatic heterocycles. The molecule has 1 N–H and O–H groups in total. The summed E-state index contributed by atoms with van der Waals surface area (Å²) in [6.07, 6.45) is 0.822. The van der Waals surface area contributed by atoms with Gasteiger partial charge in [-0.1, -0.05) is 56.0 Å². The van der Waals surface area contributed by atoms with Gasteiger partial charge >= 0.3 is 6.18 Å². The van der Waals surface area contributed by atoms with Gasteiger partial charge in [0, 0.05) is 5.56 Å². The first-order valence-corrected chi connectivity index (χ1v) is 9.26. The largest absolute Gasteiger partial charge is 0.433 e. The summed E-state index contributed by atoms with van der Waals surface area (Å²) in [5, 5.41) is 3.32. The summed E-state index contributed by atoms with van der Waals surface area (Å²) in [7, 11) is 0. The number of pyridine rings is 1. The Kier molecular flexibility index (Phi) is 7.64. The first kappa shape index (κ1) is 20.4. The van der Waals surface area contributed by atoms with Gasteiger partial charge in [-0.25, -0.2) is 4.98 Å². The zero-order chi connectivity index (χ0) is 19.0. The number of nitrogens with zero attached hydrogens (tertiary/aromatic N) is 1. The molecule has 0 aliphatic rings. The van der Waals surface area contributed by atoms with Gasteiger partial charge in [-0.2, -0.15) is 13.2 Å². The fraction of sp³-hybridized carbons (Fsp3) is 0.476. The fourth-order valence-electron chi connectivity index (χ4n) is 2.78. The van der Waals surface area contributed by atoms with Crippen LogP contribution in [0.15, 0.2) is 36.4 Å². The number of halogens is 3. The minimum atomic E-state index is -4.44. The topological polar surface area (TPSA) is 24.9 Å². The van der Waals surface area contributed by atoms with Gasteiger partial charge in [-0.15, -0.1) is 0 Å². The maximum atomic E-state index is 13.2. The van der Waals surface area contributed by atoms with Crippen LogP contribution in [0.2, 0.25) is 0 Å². The molecule has 0 bridgehead atoms. The highest BCUT2D eigenvalue weighted by Crippen LogP contribution is 2.31. The minimum absolute atomic E-state index is 0.373. The molecule has 0 aliphatic carbocycles. The second-order valence-electron chi connectivity index (χ2n) is 6.67. The van der Waals surface area contributed by atoms with E-state index < -0.39 is 11.9 Å².